The molecule has 0 aliphatic rings. The van der Waals surface area contributed by atoms with Gasteiger partial charge in [-0.1, -0.05) is 177 Å². The van der Waals surface area contributed by atoms with Crippen LogP contribution in [0.25, 0.3) is 22.5 Å². The largest absolute Gasteiger partial charge is 0.399 e. The van der Waals surface area contributed by atoms with Gasteiger partial charge in [-0.15, -0.1) is 0 Å². The zero-order valence-corrected chi connectivity index (χ0v) is 63.2. The summed E-state index contributed by atoms with van der Waals surface area (Å²) in [5.41, 5.74) is 31.5. The van der Waals surface area contributed by atoms with Crippen molar-refractivity contribution in [3.8, 4) is 22.5 Å². The predicted molar refractivity (Wildman–Crippen MR) is 425 cm³/mol. The van der Waals surface area contributed by atoms with Gasteiger partial charge in [-0.05, 0) is 146 Å². The van der Waals surface area contributed by atoms with E-state index in [0.717, 1.165) is 56.5 Å². The second-order valence-electron chi connectivity index (χ2n) is 21.8. The maximum Gasteiger partial charge on any atom is 0.273 e. The Morgan fingerprint density at radius 3 is 1.16 bits per heavy atom. The fourth-order valence-corrected chi connectivity index (χ4v) is 8.48. The number of nitrogen functional groups attached to an aromatic ring is 1. The Hall–Kier alpha value is -12.3. The summed E-state index contributed by atoms with van der Waals surface area (Å²) >= 11 is 0. The van der Waals surface area contributed by atoms with Crippen LogP contribution >= 0.6 is 0 Å². The molecule has 22 nitrogen and oxygen atoms in total. The van der Waals surface area contributed by atoms with E-state index in [1.165, 1.54) is 36.3 Å². The van der Waals surface area contributed by atoms with Gasteiger partial charge in [0, 0.05) is 112 Å². The van der Waals surface area contributed by atoms with Gasteiger partial charge in [0.1, 0.15) is 0 Å². The van der Waals surface area contributed by atoms with Crippen molar-refractivity contribution in [3.05, 3.63) is 298 Å². The van der Waals surface area contributed by atoms with E-state index < -0.39 is 9.85 Å². The molecule has 22 heteroatoms. The van der Waals surface area contributed by atoms with Crippen molar-refractivity contribution in [2.24, 2.45) is 16.5 Å². The highest BCUT2D eigenvalue weighted by atomic mass is 16.6. The maximum atomic E-state index is 11.7. The second kappa shape index (κ2) is 47.6. The highest BCUT2D eigenvalue weighted by molar-refractivity contribution is 6.05. The Kier molecular flexibility index (Phi) is 41.0. The normalized spacial score (nSPS) is 9.55. The second-order valence-corrected chi connectivity index (χ2v) is 21.8. The van der Waals surface area contributed by atoms with Crippen LogP contribution in [0.5, 0.6) is 0 Å². The van der Waals surface area contributed by atoms with Gasteiger partial charge in [0.15, 0.2) is 17.5 Å². The first-order chi connectivity index (χ1) is 49.1. The molecule has 544 valence electrons. The molecule has 0 saturated heterocycles. The minimum atomic E-state index is -0.484. The number of guanidine groups is 1. The lowest BCUT2D eigenvalue weighted by Crippen LogP contribution is -2.21. The molecule has 0 atom stereocenters. The Morgan fingerprint density at radius 1 is 0.447 bits per heavy atom. The average Bonchev–Trinajstić information content (AvgIpc) is 0.809. The van der Waals surface area contributed by atoms with E-state index in [1.807, 2.05) is 204 Å². The van der Waals surface area contributed by atoms with Gasteiger partial charge in [-0.3, -0.25) is 39.9 Å². The Labute approximate surface area is 607 Å². The number of nitrogens with zero attached hydrogens (tertiary/aromatic N) is 9. The molecule has 8 aromatic carbocycles. The molecule has 8 N–H and O–H groups in total. The zero-order chi connectivity index (χ0) is 77.9. The fourth-order valence-electron chi connectivity index (χ4n) is 8.48. The number of benzene rings is 8. The van der Waals surface area contributed by atoms with Gasteiger partial charge in [0.2, 0.25) is 11.9 Å². The molecule has 0 radical (unpaired) electrons. The third kappa shape index (κ3) is 31.2. The summed E-state index contributed by atoms with van der Waals surface area (Å²) in [6.07, 6.45) is 2.99. The number of allylic oxidation sites excluding steroid dienone is 1. The van der Waals surface area contributed by atoms with E-state index in [1.54, 1.807) is 82.4 Å². The maximum absolute atomic E-state index is 11.7. The molecule has 0 fully saturated rings. The first-order valence-corrected chi connectivity index (χ1v) is 33.6. The number of nitrogens with one attached hydrogen (secondary N) is 2. The number of aryl methyl sites for hydroxylation is 7. The van der Waals surface area contributed by atoms with Crippen LogP contribution in [0.4, 0.5) is 51.7 Å². The van der Waals surface area contributed by atoms with Crippen molar-refractivity contribution >= 4 is 69.2 Å². The summed E-state index contributed by atoms with van der Waals surface area (Å²) in [6.45, 7) is 34.6. The lowest BCUT2D eigenvalue weighted by molar-refractivity contribution is -0.385. The molecule has 0 saturated carbocycles. The number of hydrogen-bond donors (Lipinski definition) is 5. The molecule has 0 bridgehead atoms. The van der Waals surface area contributed by atoms with E-state index in [0.29, 0.717) is 51.0 Å². The van der Waals surface area contributed by atoms with Gasteiger partial charge in [0.25, 0.3) is 17.1 Å². The fraction of sp³-hybridized carbons (Fsp3) is 0.247. The van der Waals surface area contributed by atoms with E-state index >= 15 is 0 Å². The number of nitro benzene ring substituents is 3. The van der Waals surface area contributed by atoms with Crippen molar-refractivity contribution in [2.75, 3.05) is 30.5 Å². The molecule has 2 aromatic heterocycles. The molecule has 10 aromatic rings. The summed E-state index contributed by atoms with van der Waals surface area (Å²) in [5, 5.41) is 38.9. The number of rotatable bonds is 14. The van der Waals surface area contributed by atoms with Crippen molar-refractivity contribution in [2.45, 2.75) is 125 Å². The van der Waals surface area contributed by atoms with Crippen molar-refractivity contribution in [1.82, 2.24) is 24.8 Å². The summed E-state index contributed by atoms with van der Waals surface area (Å²) in [7, 11) is 3.59. The van der Waals surface area contributed by atoms with E-state index in [-0.39, 0.29) is 39.5 Å². The van der Waals surface area contributed by atoms with Crippen molar-refractivity contribution < 1.29 is 24.4 Å². The number of nitro groups is 3. The van der Waals surface area contributed by atoms with Gasteiger partial charge in [0.05, 0.1) is 31.8 Å². The average molecular weight is 1400 g/mol. The van der Waals surface area contributed by atoms with Gasteiger partial charge >= 0.3 is 0 Å². The van der Waals surface area contributed by atoms with Crippen molar-refractivity contribution in [3.63, 3.8) is 0 Å². The number of anilines is 5. The molecule has 0 spiro atoms. The Balaban J connectivity index is 0.000000629. The zero-order valence-electron chi connectivity index (χ0n) is 63.2. The van der Waals surface area contributed by atoms with Crippen LogP contribution in [-0.2, 0) is 0 Å². The predicted octanol–water partition coefficient (Wildman–Crippen LogP) is 20.1. The molecule has 10 rings (SSSR count). The molecule has 0 amide bonds. The van der Waals surface area contributed by atoms with Crippen LogP contribution in [0.1, 0.15) is 133 Å². The van der Waals surface area contributed by atoms with Crippen LogP contribution in [0.3, 0.4) is 0 Å². The lowest BCUT2D eigenvalue weighted by atomic mass is 10.0. The number of carbonyl (C=O) groups excluding carboxylic acids is 2. The van der Waals surface area contributed by atoms with Crippen LogP contribution < -0.4 is 27.8 Å². The van der Waals surface area contributed by atoms with Gasteiger partial charge in [-0.25, -0.2) is 24.9 Å². The summed E-state index contributed by atoms with van der Waals surface area (Å²) in [5.74, 6) is 0.774. The first kappa shape index (κ1) is 88.7. The highest BCUT2D eigenvalue weighted by Gasteiger charge is 2.18. The quantitative estimate of drug-likeness (QED) is 0.0128. The smallest absolute Gasteiger partial charge is 0.273 e. The Bertz CT molecular complexity index is 4340. The summed E-state index contributed by atoms with van der Waals surface area (Å²) < 4.78 is 0. The lowest BCUT2D eigenvalue weighted by Gasteiger charge is -2.13. The van der Waals surface area contributed by atoms with Crippen LogP contribution in [0, 0.1) is 92.7 Å². The standard InChI is InChI=1S/C20H21N3.C19H18N4O2.C12H14N2O3.C9H9NO3.C7H9N3.C6H7N.4C2H6/c1-13-10-11-17(12-14(13)2)19-15(3)16(4)21-20(23-19)22-18-8-6-5-7-9-18;1-12-9-10-15(11-17(12)23(24)25)18-13(2)14(3)20-19(22-18)21-16-7-5-4-6-8-16;1-9-4-5-10(8-11(9)14(16)17)12(15)6-7-13(2)3;1-6-3-4-8(7(2)11)5-9(6)10(12)13;8-7(9)10-6-4-2-1-3-5-6;7-6-4-2-1-3-5-6;4*1-2/h5-12H,1-4H3,(H,21,22,23);4-11H,1-3H3,(H,20,21,22);4-8H,1-3H3;3-5H,1-2H3;1-5H,(H4,8,9,10);1-5H,7H2;4*1-2H3/b;;7-6+;;;;;;;. The monoisotopic (exact) mass is 1400 g/mol. The molecular weight excluding hydrogens is 1300 g/mol. The summed E-state index contributed by atoms with van der Waals surface area (Å²) in [4.78, 5) is 77.6. The molecule has 0 aliphatic heterocycles. The molecular formula is C81H102N14O8. The van der Waals surface area contributed by atoms with Gasteiger partial charge in [-0.2, -0.15) is 0 Å². The number of hydrogen-bond acceptors (Lipinski definition) is 17. The molecule has 2 heterocycles. The summed E-state index contributed by atoms with van der Waals surface area (Å²) in [6, 6.07) is 59.0. The number of carbonyl (C=O) groups is 2. The van der Waals surface area contributed by atoms with Crippen LogP contribution in [-0.4, -0.2) is 71.2 Å². The third-order valence-corrected chi connectivity index (χ3v) is 14.1. The number of para-hydroxylation sites is 4. The van der Waals surface area contributed by atoms with Crippen molar-refractivity contribution in [1.29, 1.82) is 0 Å². The first-order valence-electron chi connectivity index (χ1n) is 33.6. The van der Waals surface area contributed by atoms with E-state index in [9.17, 15) is 39.9 Å². The topological polar surface area (TPSA) is 333 Å². The SMILES string of the molecule is CC.CC.CC.CC.CC(=O)c1ccc(C)c([N+](=O)[O-])c1.Cc1ccc(-c2nc(Nc3ccccc3)nc(C)c2C)cc1C.Cc1ccc(-c2nc(Nc3ccccc3)nc(C)c2C)cc1[N+](=O)[O-].Cc1ccc(C(=O)/C=C/N(C)C)cc1[N+](=O)[O-].NC(N)=Nc1ccccc1.Nc1ccccc1. The van der Waals surface area contributed by atoms with E-state index in [2.05, 4.69) is 69.5 Å². The molecule has 103 heavy (non-hydrogen) atoms. The van der Waals surface area contributed by atoms with E-state index in [4.69, 9.17) is 22.2 Å². The number of Topliss-reactive ketones (excluding diaryl/α,β-unsaturated/α-hetero) is 1. The third-order valence-electron chi connectivity index (χ3n) is 14.1. The Morgan fingerprint density at radius 2 is 0.796 bits per heavy atom. The van der Waals surface area contributed by atoms with Gasteiger partial charge < -0.3 is 32.7 Å². The number of aliphatic imine (C=N–C) groups is 1. The molecule has 0 unspecified atom stereocenters. The number of ketones is 2. The van der Waals surface area contributed by atoms with Crippen LogP contribution in [0.2, 0.25) is 0 Å². The minimum absolute atomic E-state index is 0.00676. The van der Waals surface area contributed by atoms with Crippen LogP contribution in [0.15, 0.2) is 211 Å². The highest BCUT2D eigenvalue weighted by Crippen LogP contribution is 2.31. The number of aromatic nitrogens is 4. The molecule has 0 aliphatic carbocycles. The number of nitrogens with two attached hydrogens (primary N) is 3. The minimum Gasteiger partial charge on any atom is -0.399 e.